The summed E-state index contributed by atoms with van der Waals surface area (Å²) in [6.45, 7) is 0.974. The summed E-state index contributed by atoms with van der Waals surface area (Å²) < 4.78 is 13.6. The normalized spacial score (nSPS) is 10.5. The highest BCUT2D eigenvalue weighted by atomic mass is 19.1. The van der Waals surface area contributed by atoms with Crippen LogP contribution in [-0.2, 0) is 13.0 Å². The molecule has 0 unspecified atom stereocenters. The molecule has 0 aromatic carbocycles. The summed E-state index contributed by atoms with van der Waals surface area (Å²) in [7, 11) is 0. The van der Waals surface area contributed by atoms with Gasteiger partial charge in [0.2, 0.25) is 0 Å². The molecule has 2 N–H and O–H groups in total. The van der Waals surface area contributed by atoms with E-state index in [0.29, 0.717) is 19.5 Å². The number of rotatable bonds is 5. The predicted molar refractivity (Wildman–Crippen MR) is 45.6 cm³/mol. The molecule has 0 spiro atoms. The van der Waals surface area contributed by atoms with Crippen molar-refractivity contribution in [2.45, 2.75) is 19.4 Å². The van der Waals surface area contributed by atoms with Gasteiger partial charge in [0, 0.05) is 24.9 Å². The Morgan fingerprint density at radius 3 is 3.08 bits per heavy atom. The maximum atomic E-state index is 11.8. The van der Waals surface area contributed by atoms with Crippen molar-refractivity contribution in [3.8, 4) is 0 Å². The van der Waals surface area contributed by atoms with Crippen LogP contribution in [0.5, 0.6) is 0 Å². The smallest absolute Gasteiger partial charge is 0.0912 e. The Hall–Kier alpha value is -0.900. The van der Waals surface area contributed by atoms with Crippen LogP contribution in [0, 0.1) is 0 Å². The summed E-state index contributed by atoms with van der Waals surface area (Å²) in [6, 6.07) is 1.92. The van der Waals surface area contributed by atoms with Crippen molar-refractivity contribution in [3.63, 3.8) is 0 Å². The Labute approximate surface area is 71.4 Å². The van der Waals surface area contributed by atoms with Crippen LogP contribution in [0.1, 0.15) is 12.1 Å². The molecule has 0 aliphatic rings. The van der Waals surface area contributed by atoms with E-state index in [1.165, 1.54) is 0 Å². The van der Waals surface area contributed by atoms with Crippen LogP contribution in [-0.4, -0.2) is 23.0 Å². The third kappa shape index (κ3) is 2.30. The Morgan fingerprint density at radius 1 is 1.58 bits per heavy atom. The molecule has 0 saturated heterocycles. The van der Waals surface area contributed by atoms with Crippen molar-refractivity contribution in [1.82, 2.24) is 9.78 Å². The van der Waals surface area contributed by atoms with Crippen molar-refractivity contribution in [2.24, 2.45) is 5.73 Å². The molecule has 0 bridgehead atoms. The molecular formula is C8H14FN3. The van der Waals surface area contributed by atoms with Crippen molar-refractivity contribution in [3.05, 3.63) is 18.0 Å². The zero-order chi connectivity index (χ0) is 8.81. The summed E-state index contributed by atoms with van der Waals surface area (Å²) >= 11 is 0. The van der Waals surface area contributed by atoms with E-state index in [9.17, 15) is 4.39 Å². The summed E-state index contributed by atoms with van der Waals surface area (Å²) in [5.74, 6) is 0. The second kappa shape index (κ2) is 4.87. The Balaban J connectivity index is 2.51. The zero-order valence-corrected chi connectivity index (χ0v) is 7.04. The van der Waals surface area contributed by atoms with Crippen molar-refractivity contribution < 1.29 is 4.39 Å². The molecular weight excluding hydrogens is 157 g/mol. The first-order valence-corrected chi connectivity index (χ1v) is 4.15. The third-order valence-corrected chi connectivity index (χ3v) is 1.71. The number of aromatic nitrogens is 2. The molecule has 1 aromatic heterocycles. The van der Waals surface area contributed by atoms with Gasteiger partial charge in [0.25, 0.3) is 0 Å². The molecule has 0 amide bonds. The minimum absolute atomic E-state index is 0.290. The summed E-state index contributed by atoms with van der Waals surface area (Å²) in [6.07, 6.45) is 3.06. The first-order chi connectivity index (χ1) is 5.88. The van der Waals surface area contributed by atoms with Gasteiger partial charge in [-0.2, -0.15) is 5.10 Å². The molecule has 3 nitrogen and oxygen atoms in total. The fourth-order valence-electron chi connectivity index (χ4n) is 1.13. The van der Waals surface area contributed by atoms with Gasteiger partial charge < -0.3 is 5.73 Å². The van der Waals surface area contributed by atoms with Gasteiger partial charge in [-0.15, -0.1) is 0 Å². The first kappa shape index (κ1) is 9.19. The monoisotopic (exact) mass is 171 g/mol. The summed E-state index contributed by atoms with van der Waals surface area (Å²) in [5, 5.41) is 4.07. The van der Waals surface area contributed by atoms with E-state index >= 15 is 0 Å². The van der Waals surface area contributed by atoms with Gasteiger partial charge in [-0.05, 0) is 19.0 Å². The molecule has 0 fully saturated rings. The largest absolute Gasteiger partial charge is 0.330 e. The lowest BCUT2D eigenvalue weighted by molar-refractivity contribution is 0.430. The molecule has 0 atom stereocenters. The zero-order valence-electron chi connectivity index (χ0n) is 7.04. The van der Waals surface area contributed by atoms with Crippen LogP contribution in [0.15, 0.2) is 12.3 Å². The SMILES string of the molecule is NCCc1ccnn1CCCF. The van der Waals surface area contributed by atoms with Crippen molar-refractivity contribution >= 4 is 0 Å². The van der Waals surface area contributed by atoms with Crippen LogP contribution in [0.3, 0.4) is 0 Å². The molecule has 1 aromatic rings. The molecule has 4 heteroatoms. The van der Waals surface area contributed by atoms with E-state index in [4.69, 9.17) is 5.73 Å². The van der Waals surface area contributed by atoms with Crippen LogP contribution in [0.2, 0.25) is 0 Å². The third-order valence-electron chi connectivity index (χ3n) is 1.71. The maximum absolute atomic E-state index is 11.8. The van der Waals surface area contributed by atoms with E-state index in [0.717, 1.165) is 12.1 Å². The molecule has 0 radical (unpaired) electrons. The minimum Gasteiger partial charge on any atom is -0.330 e. The predicted octanol–water partition coefficient (Wildman–Crippen LogP) is 0.744. The van der Waals surface area contributed by atoms with Crippen molar-refractivity contribution in [1.29, 1.82) is 0 Å². The van der Waals surface area contributed by atoms with Gasteiger partial charge in [0.15, 0.2) is 0 Å². The average Bonchev–Trinajstić information content (AvgIpc) is 2.50. The fraction of sp³-hybridized carbons (Fsp3) is 0.625. The first-order valence-electron chi connectivity index (χ1n) is 4.15. The maximum Gasteiger partial charge on any atom is 0.0912 e. The summed E-state index contributed by atoms with van der Waals surface area (Å²) in [4.78, 5) is 0. The number of hydrogen-bond donors (Lipinski definition) is 1. The van der Waals surface area contributed by atoms with E-state index in [1.807, 2.05) is 10.7 Å². The van der Waals surface area contributed by atoms with Gasteiger partial charge in [-0.3, -0.25) is 9.07 Å². The lowest BCUT2D eigenvalue weighted by atomic mass is 10.3. The van der Waals surface area contributed by atoms with E-state index < -0.39 is 0 Å². The van der Waals surface area contributed by atoms with Gasteiger partial charge in [0.1, 0.15) is 0 Å². The van der Waals surface area contributed by atoms with Crippen LogP contribution >= 0.6 is 0 Å². The minimum atomic E-state index is -0.290. The lowest BCUT2D eigenvalue weighted by Crippen LogP contribution is -2.10. The second-order valence-electron chi connectivity index (χ2n) is 2.63. The quantitative estimate of drug-likeness (QED) is 0.710. The molecule has 1 heterocycles. The Bertz CT molecular complexity index is 222. The Kier molecular flexibility index (Phi) is 3.73. The molecule has 68 valence electrons. The molecule has 0 saturated carbocycles. The summed E-state index contributed by atoms with van der Waals surface area (Å²) in [5.41, 5.74) is 6.49. The number of aryl methyl sites for hydroxylation is 1. The standard InChI is InChI=1S/C8H14FN3/c9-4-1-7-12-8(2-5-10)3-6-11-12/h3,6H,1-2,4-5,7,10H2. The molecule has 1 rings (SSSR count). The highest BCUT2D eigenvalue weighted by Gasteiger charge is 1.99. The van der Waals surface area contributed by atoms with E-state index in [2.05, 4.69) is 5.10 Å². The molecule has 12 heavy (non-hydrogen) atoms. The van der Waals surface area contributed by atoms with Crippen LogP contribution in [0.25, 0.3) is 0 Å². The highest BCUT2D eigenvalue weighted by Crippen LogP contribution is 2.00. The van der Waals surface area contributed by atoms with Crippen LogP contribution in [0.4, 0.5) is 4.39 Å². The van der Waals surface area contributed by atoms with Crippen LogP contribution < -0.4 is 5.73 Å². The highest BCUT2D eigenvalue weighted by molar-refractivity contribution is 5.00. The molecule has 0 aliphatic heterocycles. The molecule has 0 aliphatic carbocycles. The topological polar surface area (TPSA) is 43.8 Å². The fourth-order valence-corrected chi connectivity index (χ4v) is 1.13. The average molecular weight is 171 g/mol. The van der Waals surface area contributed by atoms with Crippen molar-refractivity contribution in [2.75, 3.05) is 13.2 Å². The number of nitrogens with two attached hydrogens (primary N) is 1. The van der Waals surface area contributed by atoms with E-state index in [-0.39, 0.29) is 6.67 Å². The number of hydrogen-bond acceptors (Lipinski definition) is 2. The van der Waals surface area contributed by atoms with Gasteiger partial charge in [-0.1, -0.05) is 0 Å². The van der Waals surface area contributed by atoms with Gasteiger partial charge >= 0.3 is 0 Å². The Morgan fingerprint density at radius 2 is 2.42 bits per heavy atom. The number of halogens is 1. The number of nitrogens with zero attached hydrogens (tertiary/aromatic N) is 2. The van der Waals surface area contributed by atoms with E-state index in [1.54, 1.807) is 6.20 Å². The lowest BCUT2D eigenvalue weighted by Gasteiger charge is -2.03. The second-order valence-corrected chi connectivity index (χ2v) is 2.63. The van der Waals surface area contributed by atoms with Gasteiger partial charge in [0.05, 0.1) is 6.67 Å². The van der Waals surface area contributed by atoms with Gasteiger partial charge in [-0.25, -0.2) is 0 Å². The number of alkyl halides is 1.